The Balaban J connectivity index is 1.84. The Kier molecular flexibility index (Phi) is 11.7. The number of nitrogens with zero attached hydrogens (tertiary/aromatic N) is 2. The summed E-state index contributed by atoms with van der Waals surface area (Å²) in [5.74, 6) is -0.903. The third-order valence-electron chi connectivity index (χ3n) is 7.29. The maximum Gasteiger partial charge on any atom is 0.264 e. The molecule has 0 spiro atoms. The lowest BCUT2D eigenvalue weighted by atomic mass is 10.0. The standard InChI is InChI=1S/C35H37Cl2N3O4S/c1-4-28-15-11-12-18-32(28)40(45(43,44)29-16-9-6-10-17-29)24-34(41)39(23-27-19-20-30(36)31(37)21-27)33(35(42)38-25(2)3)22-26-13-7-5-8-14-26/h5-21,25,33H,4,22-24H2,1-3H3,(H,38,42)/t33-/m1/s1. The summed E-state index contributed by atoms with van der Waals surface area (Å²) in [6.07, 6.45) is 0.759. The lowest BCUT2D eigenvalue weighted by Crippen LogP contribution is -2.54. The monoisotopic (exact) mass is 665 g/mol. The number of sulfonamides is 1. The van der Waals surface area contributed by atoms with E-state index < -0.39 is 28.5 Å². The van der Waals surface area contributed by atoms with E-state index in [4.69, 9.17) is 23.2 Å². The van der Waals surface area contributed by atoms with Gasteiger partial charge in [0.05, 0.1) is 20.6 Å². The smallest absolute Gasteiger partial charge is 0.264 e. The van der Waals surface area contributed by atoms with Crippen LogP contribution in [0.3, 0.4) is 0 Å². The van der Waals surface area contributed by atoms with Crippen molar-refractivity contribution in [2.75, 3.05) is 10.8 Å². The van der Waals surface area contributed by atoms with Crippen molar-refractivity contribution in [1.29, 1.82) is 0 Å². The highest BCUT2D eigenvalue weighted by molar-refractivity contribution is 7.92. The number of benzene rings is 4. The fourth-order valence-electron chi connectivity index (χ4n) is 5.06. The molecule has 4 aromatic rings. The first kappa shape index (κ1) is 34.0. The number of halogens is 2. The Morgan fingerprint density at radius 1 is 0.800 bits per heavy atom. The van der Waals surface area contributed by atoms with Crippen LogP contribution in [0, 0.1) is 0 Å². The summed E-state index contributed by atoms with van der Waals surface area (Å²) in [6, 6.07) is 28.4. The molecule has 1 atom stereocenters. The molecule has 0 heterocycles. The van der Waals surface area contributed by atoms with E-state index in [1.54, 1.807) is 48.5 Å². The maximum atomic E-state index is 14.6. The maximum absolute atomic E-state index is 14.6. The Hall–Kier alpha value is -3.85. The lowest BCUT2D eigenvalue weighted by molar-refractivity contribution is -0.140. The zero-order valence-corrected chi connectivity index (χ0v) is 27.8. The molecule has 0 radical (unpaired) electrons. The first-order valence-electron chi connectivity index (χ1n) is 14.7. The molecule has 236 valence electrons. The van der Waals surface area contributed by atoms with E-state index in [1.165, 1.54) is 17.0 Å². The van der Waals surface area contributed by atoms with E-state index >= 15 is 0 Å². The number of carbonyl (C=O) groups is 2. The molecule has 0 unspecified atom stereocenters. The molecule has 4 aromatic carbocycles. The third-order valence-corrected chi connectivity index (χ3v) is 9.80. The van der Waals surface area contributed by atoms with Crippen molar-refractivity contribution in [3.8, 4) is 0 Å². The van der Waals surface area contributed by atoms with Gasteiger partial charge in [0.15, 0.2) is 0 Å². The third kappa shape index (κ3) is 8.66. The zero-order chi connectivity index (χ0) is 32.6. The Morgan fingerprint density at radius 3 is 2.04 bits per heavy atom. The topological polar surface area (TPSA) is 86.8 Å². The van der Waals surface area contributed by atoms with Crippen LogP contribution in [0.15, 0.2) is 108 Å². The number of aryl methyl sites for hydroxylation is 1. The van der Waals surface area contributed by atoms with Crippen molar-refractivity contribution >= 4 is 50.7 Å². The summed E-state index contributed by atoms with van der Waals surface area (Å²) in [7, 11) is -4.18. The van der Waals surface area contributed by atoms with Crippen LogP contribution in [0.25, 0.3) is 0 Å². The summed E-state index contributed by atoms with van der Waals surface area (Å²) >= 11 is 12.5. The first-order valence-corrected chi connectivity index (χ1v) is 16.9. The predicted molar refractivity (Wildman–Crippen MR) is 181 cm³/mol. The SMILES string of the molecule is CCc1ccccc1N(CC(=O)N(Cc1ccc(Cl)c(Cl)c1)[C@H](Cc1ccccc1)C(=O)NC(C)C)S(=O)(=O)c1ccccc1. The molecule has 1 N–H and O–H groups in total. The fourth-order valence-corrected chi connectivity index (χ4v) is 6.85. The highest BCUT2D eigenvalue weighted by Gasteiger charge is 2.35. The van der Waals surface area contributed by atoms with Crippen LogP contribution in [-0.4, -0.2) is 43.8 Å². The van der Waals surface area contributed by atoms with Gasteiger partial charge in [0, 0.05) is 19.0 Å². The molecule has 2 amide bonds. The van der Waals surface area contributed by atoms with Crippen molar-refractivity contribution in [2.45, 2.75) is 57.1 Å². The predicted octanol–water partition coefficient (Wildman–Crippen LogP) is 6.92. The van der Waals surface area contributed by atoms with Gasteiger partial charge in [0.1, 0.15) is 12.6 Å². The summed E-state index contributed by atoms with van der Waals surface area (Å²) in [5.41, 5.74) is 2.65. The molecule has 10 heteroatoms. The normalized spacial score (nSPS) is 12.0. The summed E-state index contributed by atoms with van der Waals surface area (Å²) < 4.78 is 29.5. The van der Waals surface area contributed by atoms with E-state index in [0.29, 0.717) is 27.7 Å². The molecule has 4 rings (SSSR count). The fraction of sp³-hybridized carbons (Fsp3) is 0.257. The molecule has 45 heavy (non-hydrogen) atoms. The molecule has 0 aromatic heterocycles. The van der Waals surface area contributed by atoms with Crippen LogP contribution < -0.4 is 9.62 Å². The lowest BCUT2D eigenvalue weighted by Gasteiger charge is -2.34. The quantitative estimate of drug-likeness (QED) is 0.168. The van der Waals surface area contributed by atoms with E-state index in [-0.39, 0.29) is 29.8 Å². The summed E-state index contributed by atoms with van der Waals surface area (Å²) in [4.78, 5) is 29.9. The molecule has 0 saturated carbocycles. The Morgan fingerprint density at radius 2 is 1.42 bits per heavy atom. The number of hydrogen-bond acceptors (Lipinski definition) is 4. The average Bonchev–Trinajstić information content (AvgIpc) is 3.03. The second-order valence-corrected chi connectivity index (χ2v) is 13.6. The highest BCUT2D eigenvalue weighted by atomic mass is 35.5. The molecule has 0 bridgehead atoms. The Labute approximate surface area is 275 Å². The second kappa shape index (κ2) is 15.4. The number of anilines is 1. The molecule has 0 fully saturated rings. The van der Waals surface area contributed by atoms with E-state index in [0.717, 1.165) is 15.4 Å². The number of amides is 2. The first-order chi connectivity index (χ1) is 21.5. The van der Waals surface area contributed by atoms with Gasteiger partial charge in [0.2, 0.25) is 11.8 Å². The van der Waals surface area contributed by atoms with Crippen LogP contribution in [0.2, 0.25) is 10.0 Å². The van der Waals surface area contributed by atoms with Gasteiger partial charge in [-0.2, -0.15) is 0 Å². The van der Waals surface area contributed by atoms with Crippen molar-refractivity contribution in [1.82, 2.24) is 10.2 Å². The van der Waals surface area contributed by atoms with Crippen molar-refractivity contribution in [3.63, 3.8) is 0 Å². The van der Waals surface area contributed by atoms with Gasteiger partial charge < -0.3 is 10.2 Å². The van der Waals surface area contributed by atoms with Crippen LogP contribution in [0.4, 0.5) is 5.69 Å². The molecule has 0 saturated heterocycles. The van der Waals surface area contributed by atoms with Crippen molar-refractivity contribution in [3.05, 3.63) is 130 Å². The van der Waals surface area contributed by atoms with Crippen LogP contribution >= 0.6 is 23.2 Å². The van der Waals surface area contributed by atoms with Gasteiger partial charge in [0.25, 0.3) is 10.0 Å². The van der Waals surface area contributed by atoms with E-state index in [9.17, 15) is 18.0 Å². The van der Waals surface area contributed by atoms with Gasteiger partial charge in [-0.1, -0.05) is 103 Å². The number of hydrogen-bond donors (Lipinski definition) is 1. The van der Waals surface area contributed by atoms with Gasteiger partial charge in [-0.05, 0) is 67.3 Å². The Bertz CT molecular complexity index is 1720. The minimum absolute atomic E-state index is 0.00656. The summed E-state index contributed by atoms with van der Waals surface area (Å²) in [5, 5.41) is 3.61. The molecule has 0 aliphatic rings. The van der Waals surface area contributed by atoms with Gasteiger partial charge in [-0.15, -0.1) is 0 Å². The van der Waals surface area contributed by atoms with Crippen LogP contribution in [0.1, 0.15) is 37.5 Å². The minimum Gasteiger partial charge on any atom is -0.352 e. The van der Waals surface area contributed by atoms with E-state index in [2.05, 4.69) is 5.32 Å². The molecule has 0 aliphatic heterocycles. The molecular weight excluding hydrogens is 629 g/mol. The molecule has 0 aliphatic carbocycles. The number of para-hydroxylation sites is 1. The highest BCUT2D eigenvalue weighted by Crippen LogP contribution is 2.29. The summed E-state index contributed by atoms with van der Waals surface area (Å²) in [6.45, 7) is 5.08. The van der Waals surface area contributed by atoms with Gasteiger partial charge in [-0.25, -0.2) is 8.42 Å². The number of nitrogens with one attached hydrogen (secondary N) is 1. The van der Waals surface area contributed by atoms with Gasteiger partial charge in [-0.3, -0.25) is 13.9 Å². The molecule has 7 nitrogen and oxygen atoms in total. The average molecular weight is 667 g/mol. The van der Waals surface area contributed by atoms with Crippen LogP contribution in [0.5, 0.6) is 0 Å². The largest absolute Gasteiger partial charge is 0.352 e. The van der Waals surface area contributed by atoms with Gasteiger partial charge >= 0.3 is 0 Å². The molecular formula is C35H37Cl2N3O4S. The second-order valence-electron chi connectivity index (χ2n) is 10.9. The van der Waals surface area contributed by atoms with Crippen molar-refractivity contribution < 1.29 is 18.0 Å². The number of rotatable bonds is 13. The van der Waals surface area contributed by atoms with Crippen molar-refractivity contribution in [2.24, 2.45) is 0 Å². The van der Waals surface area contributed by atoms with E-state index in [1.807, 2.05) is 63.2 Å². The minimum atomic E-state index is -4.18. The van der Waals surface area contributed by atoms with Crippen LogP contribution in [-0.2, 0) is 39.0 Å². The number of carbonyl (C=O) groups excluding carboxylic acids is 2. The zero-order valence-electron chi connectivity index (χ0n) is 25.5.